The van der Waals surface area contributed by atoms with E-state index in [1.807, 2.05) is 60.8 Å². The van der Waals surface area contributed by atoms with Crippen molar-refractivity contribution in [2.45, 2.75) is 19.6 Å². The van der Waals surface area contributed by atoms with Gasteiger partial charge in [0.2, 0.25) is 0 Å². The first-order valence-electron chi connectivity index (χ1n) is 7.26. The van der Waals surface area contributed by atoms with Gasteiger partial charge in [-0.15, -0.1) is 0 Å². The summed E-state index contributed by atoms with van der Waals surface area (Å²) in [5, 5.41) is 3.95. The predicted molar refractivity (Wildman–Crippen MR) is 87.6 cm³/mol. The maximum absolute atomic E-state index is 12.2. The molecule has 0 saturated carbocycles. The molecule has 1 atom stereocenters. The van der Waals surface area contributed by atoms with Gasteiger partial charge in [0.05, 0.1) is 6.61 Å². The highest BCUT2D eigenvalue weighted by Gasteiger charge is 2.13. The van der Waals surface area contributed by atoms with E-state index in [0.717, 1.165) is 22.2 Å². The van der Waals surface area contributed by atoms with Gasteiger partial charge in [0.25, 0.3) is 5.91 Å². The highest BCUT2D eigenvalue weighted by atomic mass is 16.5. The van der Waals surface area contributed by atoms with Crippen LogP contribution < -0.4 is 5.32 Å². The Balaban J connectivity index is 1.58. The first kappa shape index (κ1) is 14.4. The van der Waals surface area contributed by atoms with Crippen molar-refractivity contribution in [3.05, 3.63) is 66.4 Å². The standard InChI is InChI=1S/C18H18N2O2/c1-13(22-12-14-5-3-2-4-6-14)18(21)20-16-7-8-17-15(11-16)9-10-19-17/h2-11,13,19H,12H2,1H3,(H,20,21). The molecule has 112 valence electrons. The number of carbonyl (C=O) groups excluding carboxylic acids is 1. The SMILES string of the molecule is CC(OCc1ccccc1)C(=O)Nc1ccc2[nH]ccc2c1. The lowest BCUT2D eigenvalue weighted by molar-refractivity contribution is -0.127. The van der Waals surface area contributed by atoms with Gasteiger partial charge >= 0.3 is 0 Å². The fraction of sp³-hybridized carbons (Fsp3) is 0.167. The summed E-state index contributed by atoms with van der Waals surface area (Å²) in [5.74, 6) is -0.147. The number of ether oxygens (including phenoxy) is 1. The summed E-state index contributed by atoms with van der Waals surface area (Å²) in [6, 6.07) is 17.5. The van der Waals surface area contributed by atoms with Gasteiger partial charge in [0.1, 0.15) is 6.10 Å². The first-order valence-corrected chi connectivity index (χ1v) is 7.26. The minimum Gasteiger partial charge on any atom is -0.364 e. The lowest BCUT2D eigenvalue weighted by Crippen LogP contribution is -2.27. The molecule has 22 heavy (non-hydrogen) atoms. The Morgan fingerprint density at radius 3 is 2.82 bits per heavy atom. The second-order valence-corrected chi connectivity index (χ2v) is 5.21. The molecule has 4 heteroatoms. The van der Waals surface area contributed by atoms with Crippen molar-refractivity contribution >= 4 is 22.5 Å². The molecule has 0 bridgehead atoms. The van der Waals surface area contributed by atoms with Crippen LogP contribution in [0.1, 0.15) is 12.5 Å². The Morgan fingerprint density at radius 1 is 1.18 bits per heavy atom. The molecule has 3 aromatic rings. The minimum absolute atomic E-state index is 0.147. The summed E-state index contributed by atoms with van der Waals surface area (Å²) in [6.45, 7) is 2.18. The average molecular weight is 294 g/mol. The highest BCUT2D eigenvalue weighted by Crippen LogP contribution is 2.18. The Kier molecular flexibility index (Phi) is 4.21. The van der Waals surface area contributed by atoms with E-state index in [0.29, 0.717) is 6.61 Å². The molecule has 1 unspecified atom stereocenters. The number of nitrogens with one attached hydrogen (secondary N) is 2. The number of aromatic nitrogens is 1. The lowest BCUT2D eigenvalue weighted by Gasteiger charge is -2.13. The lowest BCUT2D eigenvalue weighted by atomic mass is 10.2. The van der Waals surface area contributed by atoms with Gasteiger partial charge in [-0.2, -0.15) is 0 Å². The van der Waals surface area contributed by atoms with Gasteiger partial charge < -0.3 is 15.0 Å². The summed E-state index contributed by atoms with van der Waals surface area (Å²) in [7, 11) is 0. The molecule has 1 amide bonds. The topological polar surface area (TPSA) is 54.1 Å². The molecule has 0 aliphatic heterocycles. The zero-order chi connectivity index (χ0) is 15.4. The van der Waals surface area contributed by atoms with Gasteiger partial charge in [-0.1, -0.05) is 30.3 Å². The third-order valence-corrected chi connectivity index (χ3v) is 3.53. The highest BCUT2D eigenvalue weighted by molar-refractivity contribution is 5.96. The number of amides is 1. The summed E-state index contributed by atoms with van der Waals surface area (Å²) in [4.78, 5) is 15.3. The maximum Gasteiger partial charge on any atom is 0.253 e. The third-order valence-electron chi connectivity index (χ3n) is 3.53. The van der Waals surface area contributed by atoms with E-state index >= 15 is 0 Å². The second kappa shape index (κ2) is 6.45. The fourth-order valence-electron chi connectivity index (χ4n) is 2.25. The summed E-state index contributed by atoms with van der Waals surface area (Å²) < 4.78 is 5.62. The van der Waals surface area contributed by atoms with E-state index in [1.165, 1.54) is 0 Å². The Bertz CT molecular complexity index is 765. The van der Waals surface area contributed by atoms with Crippen molar-refractivity contribution < 1.29 is 9.53 Å². The largest absolute Gasteiger partial charge is 0.364 e. The molecule has 0 spiro atoms. The first-order chi connectivity index (χ1) is 10.7. The molecular weight excluding hydrogens is 276 g/mol. The number of anilines is 1. The number of hydrogen-bond acceptors (Lipinski definition) is 2. The third kappa shape index (κ3) is 3.35. The van der Waals surface area contributed by atoms with Crippen LogP contribution in [-0.4, -0.2) is 17.0 Å². The number of carbonyl (C=O) groups is 1. The molecule has 2 N–H and O–H groups in total. The van der Waals surface area contributed by atoms with Gasteiger partial charge in [-0.25, -0.2) is 0 Å². The van der Waals surface area contributed by atoms with E-state index in [1.54, 1.807) is 6.92 Å². The van der Waals surface area contributed by atoms with Crippen LogP contribution in [-0.2, 0) is 16.1 Å². The Labute approximate surface area is 129 Å². The molecule has 0 aliphatic rings. The van der Waals surface area contributed by atoms with Crippen LogP contribution in [0.25, 0.3) is 10.9 Å². The fourth-order valence-corrected chi connectivity index (χ4v) is 2.25. The van der Waals surface area contributed by atoms with Crippen molar-refractivity contribution in [3.8, 4) is 0 Å². The predicted octanol–water partition coefficient (Wildman–Crippen LogP) is 3.71. The van der Waals surface area contributed by atoms with Gasteiger partial charge in [-0.05, 0) is 36.8 Å². The van der Waals surface area contributed by atoms with Crippen LogP contribution >= 0.6 is 0 Å². The Morgan fingerprint density at radius 2 is 2.00 bits per heavy atom. The zero-order valence-corrected chi connectivity index (χ0v) is 12.4. The molecule has 0 fully saturated rings. The molecule has 0 aliphatic carbocycles. The van der Waals surface area contributed by atoms with Crippen molar-refractivity contribution in [3.63, 3.8) is 0 Å². The quantitative estimate of drug-likeness (QED) is 0.753. The van der Waals surface area contributed by atoms with Gasteiger partial charge in [-0.3, -0.25) is 4.79 Å². The van der Waals surface area contributed by atoms with Crippen LogP contribution in [0.15, 0.2) is 60.8 Å². The van der Waals surface area contributed by atoms with E-state index in [-0.39, 0.29) is 5.91 Å². The van der Waals surface area contributed by atoms with Crippen molar-refractivity contribution in [2.24, 2.45) is 0 Å². The van der Waals surface area contributed by atoms with E-state index in [2.05, 4.69) is 10.3 Å². The van der Waals surface area contributed by atoms with Crippen molar-refractivity contribution in [1.29, 1.82) is 0 Å². The van der Waals surface area contributed by atoms with Crippen molar-refractivity contribution in [2.75, 3.05) is 5.32 Å². The number of benzene rings is 2. The molecule has 2 aromatic carbocycles. The number of fused-ring (bicyclic) bond motifs is 1. The van der Waals surface area contributed by atoms with Crippen LogP contribution in [0, 0.1) is 0 Å². The number of hydrogen-bond donors (Lipinski definition) is 2. The maximum atomic E-state index is 12.2. The smallest absolute Gasteiger partial charge is 0.253 e. The van der Waals surface area contributed by atoms with Gasteiger partial charge in [0.15, 0.2) is 0 Å². The van der Waals surface area contributed by atoms with E-state index < -0.39 is 6.10 Å². The van der Waals surface area contributed by atoms with Crippen LogP contribution in [0.2, 0.25) is 0 Å². The van der Waals surface area contributed by atoms with Crippen LogP contribution in [0.4, 0.5) is 5.69 Å². The molecule has 4 nitrogen and oxygen atoms in total. The van der Waals surface area contributed by atoms with E-state index in [4.69, 9.17) is 4.74 Å². The molecular formula is C18H18N2O2. The van der Waals surface area contributed by atoms with Crippen LogP contribution in [0.5, 0.6) is 0 Å². The average Bonchev–Trinajstić information content (AvgIpc) is 3.01. The number of aromatic amines is 1. The molecule has 3 rings (SSSR count). The molecule has 1 heterocycles. The van der Waals surface area contributed by atoms with Crippen LogP contribution in [0.3, 0.4) is 0 Å². The second-order valence-electron chi connectivity index (χ2n) is 5.21. The molecule has 0 radical (unpaired) electrons. The normalized spacial score (nSPS) is 12.2. The summed E-state index contributed by atoms with van der Waals surface area (Å²) in [5.41, 5.74) is 2.87. The molecule has 0 saturated heterocycles. The number of H-pyrrole nitrogens is 1. The van der Waals surface area contributed by atoms with E-state index in [9.17, 15) is 4.79 Å². The minimum atomic E-state index is -0.512. The number of rotatable bonds is 5. The Hall–Kier alpha value is -2.59. The van der Waals surface area contributed by atoms with Gasteiger partial charge in [0, 0.05) is 22.8 Å². The summed E-state index contributed by atoms with van der Waals surface area (Å²) >= 11 is 0. The zero-order valence-electron chi connectivity index (χ0n) is 12.4. The molecule has 1 aromatic heterocycles. The summed E-state index contributed by atoms with van der Waals surface area (Å²) in [6.07, 6.45) is 1.36. The van der Waals surface area contributed by atoms with Crippen molar-refractivity contribution in [1.82, 2.24) is 4.98 Å². The monoisotopic (exact) mass is 294 g/mol.